The summed E-state index contributed by atoms with van der Waals surface area (Å²) in [5.74, 6) is -0.242. The number of likely N-dealkylation sites (tertiary alicyclic amines) is 1. The molecule has 0 saturated carbocycles. The smallest absolute Gasteiger partial charge is 0.272 e. The fraction of sp³-hybridized carbons (Fsp3) is 0.611. The molecule has 0 aliphatic carbocycles. The normalized spacial score (nSPS) is 27.3. The Labute approximate surface area is 147 Å². The lowest BCUT2D eigenvalue weighted by atomic mass is 9.88. The molecule has 2 amide bonds. The molecule has 134 valence electrons. The van der Waals surface area contributed by atoms with Gasteiger partial charge in [0.05, 0.1) is 11.6 Å². The van der Waals surface area contributed by atoms with E-state index in [-0.39, 0.29) is 23.5 Å². The molecule has 2 atom stereocenters. The van der Waals surface area contributed by atoms with E-state index in [0.29, 0.717) is 11.4 Å². The number of nitrogens with zero attached hydrogens (tertiary/aromatic N) is 2. The molecule has 1 spiro atoms. The quantitative estimate of drug-likeness (QED) is 0.860. The number of anilines is 1. The highest BCUT2D eigenvalue weighted by atomic mass is 16.5. The summed E-state index contributed by atoms with van der Waals surface area (Å²) >= 11 is 0. The maximum Gasteiger partial charge on any atom is 0.272 e. The summed E-state index contributed by atoms with van der Waals surface area (Å²) in [5, 5.41) is 6.33. The maximum absolute atomic E-state index is 12.6. The third-order valence-electron chi connectivity index (χ3n) is 5.38. The van der Waals surface area contributed by atoms with Crippen LogP contribution in [0.1, 0.15) is 43.1 Å². The van der Waals surface area contributed by atoms with Gasteiger partial charge in [-0.15, -0.1) is 0 Å². The van der Waals surface area contributed by atoms with Crippen LogP contribution in [0.25, 0.3) is 0 Å². The number of aromatic nitrogens is 1. The first-order valence-electron chi connectivity index (χ1n) is 9.01. The summed E-state index contributed by atoms with van der Waals surface area (Å²) in [4.78, 5) is 30.8. The minimum Gasteiger partial charge on any atom is -0.365 e. The van der Waals surface area contributed by atoms with E-state index in [1.54, 1.807) is 18.3 Å². The van der Waals surface area contributed by atoms with E-state index >= 15 is 0 Å². The minimum absolute atomic E-state index is 0.0823. The molecular weight excluding hydrogens is 320 g/mol. The molecule has 2 unspecified atom stereocenters. The summed E-state index contributed by atoms with van der Waals surface area (Å²) in [6.45, 7) is 4.47. The van der Waals surface area contributed by atoms with Gasteiger partial charge in [-0.3, -0.25) is 14.6 Å². The summed E-state index contributed by atoms with van der Waals surface area (Å²) in [6.07, 6.45) is 5.18. The van der Waals surface area contributed by atoms with Crippen LogP contribution in [0.5, 0.6) is 0 Å². The van der Waals surface area contributed by atoms with Crippen LogP contribution in [0.4, 0.5) is 5.69 Å². The van der Waals surface area contributed by atoms with Crippen molar-refractivity contribution in [2.75, 3.05) is 25.0 Å². The highest BCUT2D eigenvalue weighted by Crippen LogP contribution is 2.31. The monoisotopic (exact) mass is 344 g/mol. The Balaban J connectivity index is 1.38. The van der Waals surface area contributed by atoms with Crippen molar-refractivity contribution in [3.8, 4) is 0 Å². The number of hydrogen-bond acceptors (Lipinski definition) is 5. The predicted molar refractivity (Wildman–Crippen MR) is 92.3 cm³/mol. The average Bonchev–Trinajstić information content (AvgIpc) is 3.22. The van der Waals surface area contributed by atoms with Crippen LogP contribution in [0.3, 0.4) is 0 Å². The van der Waals surface area contributed by atoms with Gasteiger partial charge in [0.25, 0.3) is 11.8 Å². The Morgan fingerprint density at radius 2 is 2.24 bits per heavy atom. The van der Waals surface area contributed by atoms with Crippen molar-refractivity contribution in [1.29, 1.82) is 0 Å². The molecule has 4 heterocycles. The summed E-state index contributed by atoms with van der Waals surface area (Å²) in [6, 6.07) is 3.34. The van der Waals surface area contributed by atoms with E-state index in [9.17, 15) is 9.59 Å². The Bertz CT molecular complexity index is 679. The largest absolute Gasteiger partial charge is 0.365 e. The zero-order chi connectivity index (χ0) is 17.4. The molecule has 1 aromatic heterocycles. The minimum atomic E-state index is -0.411. The number of amides is 2. The zero-order valence-electron chi connectivity index (χ0n) is 14.5. The lowest BCUT2D eigenvalue weighted by Gasteiger charge is -2.48. The Hall–Kier alpha value is -1.99. The first-order chi connectivity index (χ1) is 12.0. The van der Waals surface area contributed by atoms with Crippen molar-refractivity contribution in [3.05, 3.63) is 24.0 Å². The van der Waals surface area contributed by atoms with Gasteiger partial charge >= 0.3 is 0 Å². The number of hydrogen-bond donors (Lipinski definition) is 2. The molecular formula is C18H24N4O3. The first kappa shape index (κ1) is 16.5. The number of rotatable bonds is 3. The summed E-state index contributed by atoms with van der Waals surface area (Å²) in [5.41, 5.74) is 1.07. The molecule has 0 aromatic carbocycles. The molecule has 2 N–H and O–H groups in total. The van der Waals surface area contributed by atoms with Crippen LogP contribution < -0.4 is 10.6 Å². The van der Waals surface area contributed by atoms with Gasteiger partial charge in [0, 0.05) is 25.0 Å². The van der Waals surface area contributed by atoms with E-state index < -0.39 is 6.10 Å². The predicted octanol–water partition coefficient (Wildman–Crippen LogP) is 1.17. The number of ether oxygens (including phenoxy) is 1. The van der Waals surface area contributed by atoms with Gasteiger partial charge in [-0.25, -0.2) is 0 Å². The van der Waals surface area contributed by atoms with Crippen LogP contribution >= 0.6 is 0 Å². The highest BCUT2D eigenvalue weighted by molar-refractivity contribution is 5.97. The number of carbonyl (C=O) groups is 2. The van der Waals surface area contributed by atoms with E-state index in [1.165, 1.54) is 6.42 Å². The average molecular weight is 344 g/mol. The van der Waals surface area contributed by atoms with Crippen LogP contribution in [0.2, 0.25) is 0 Å². The Kier molecular flexibility index (Phi) is 4.21. The van der Waals surface area contributed by atoms with Crippen molar-refractivity contribution in [2.24, 2.45) is 0 Å². The van der Waals surface area contributed by atoms with Crippen LogP contribution in [-0.4, -0.2) is 59.1 Å². The van der Waals surface area contributed by atoms with Gasteiger partial charge in [0.1, 0.15) is 11.8 Å². The zero-order valence-corrected chi connectivity index (χ0v) is 14.5. The SMILES string of the molecule is CC1CCC(C(=O)Nc2ccnc(C(=O)N3CC4(CCCN4)C3)c2)O1. The van der Waals surface area contributed by atoms with Crippen molar-refractivity contribution in [2.45, 2.75) is 50.4 Å². The lowest BCUT2D eigenvalue weighted by Crippen LogP contribution is -2.68. The molecule has 0 radical (unpaired) electrons. The number of pyridine rings is 1. The summed E-state index contributed by atoms with van der Waals surface area (Å²) < 4.78 is 5.58. The fourth-order valence-electron chi connectivity index (χ4n) is 3.97. The highest BCUT2D eigenvalue weighted by Gasteiger charge is 2.46. The molecule has 1 aromatic rings. The van der Waals surface area contributed by atoms with Crippen molar-refractivity contribution < 1.29 is 14.3 Å². The molecule has 7 heteroatoms. The topological polar surface area (TPSA) is 83.6 Å². The molecule has 25 heavy (non-hydrogen) atoms. The van der Waals surface area contributed by atoms with Gasteiger partial charge in [-0.1, -0.05) is 0 Å². The standard InChI is InChI=1S/C18H24N4O3/c1-12-3-4-15(25-12)16(23)21-13-5-8-19-14(9-13)17(24)22-10-18(11-22)6-2-7-20-18/h5,8-9,12,15,20H,2-4,6-7,10-11H2,1H3,(H,19,21,23). The van der Waals surface area contributed by atoms with Crippen molar-refractivity contribution in [1.82, 2.24) is 15.2 Å². The third kappa shape index (κ3) is 3.26. The van der Waals surface area contributed by atoms with Crippen molar-refractivity contribution in [3.63, 3.8) is 0 Å². The first-order valence-corrected chi connectivity index (χ1v) is 9.01. The summed E-state index contributed by atoms with van der Waals surface area (Å²) in [7, 11) is 0. The number of nitrogens with one attached hydrogen (secondary N) is 2. The molecule has 3 aliphatic heterocycles. The Morgan fingerprint density at radius 3 is 2.92 bits per heavy atom. The van der Waals surface area contributed by atoms with Crippen LogP contribution in [0, 0.1) is 0 Å². The van der Waals surface area contributed by atoms with E-state index in [0.717, 1.165) is 38.9 Å². The van der Waals surface area contributed by atoms with Gasteiger partial charge < -0.3 is 20.3 Å². The van der Waals surface area contributed by atoms with E-state index in [1.807, 2.05) is 11.8 Å². The lowest BCUT2D eigenvalue weighted by molar-refractivity contribution is -0.126. The molecule has 7 nitrogen and oxygen atoms in total. The number of carbonyl (C=O) groups excluding carboxylic acids is 2. The van der Waals surface area contributed by atoms with E-state index in [2.05, 4.69) is 15.6 Å². The third-order valence-corrected chi connectivity index (χ3v) is 5.38. The second-order valence-corrected chi connectivity index (χ2v) is 7.40. The van der Waals surface area contributed by atoms with Crippen molar-refractivity contribution >= 4 is 17.5 Å². The van der Waals surface area contributed by atoms with Crippen LogP contribution in [0.15, 0.2) is 18.3 Å². The van der Waals surface area contributed by atoms with Gasteiger partial charge in [0.15, 0.2) is 0 Å². The molecule has 3 saturated heterocycles. The molecule has 0 bridgehead atoms. The van der Waals surface area contributed by atoms with Crippen LogP contribution in [-0.2, 0) is 9.53 Å². The fourth-order valence-corrected chi connectivity index (χ4v) is 3.97. The van der Waals surface area contributed by atoms with E-state index in [4.69, 9.17) is 4.74 Å². The molecule has 3 fully saturated rings. The Morgan fingerprint density at radius 1 is 1.40 bits per heavy atom. The molecule has 3 aliphatic rings. The second-order valence-electron chi connectivity index (χ2n) is 7.40. The molecule has 4 rings (SSSR count). The van der Waals surface area contributed by atoms with Gasteiger partial charge in [0.2, 0.25) is 0 Å². The second kappa shape index (κ2) is 6.38. The maximum atomic E-state index is 12.6. The van der Waals surface area contributed by atoms with Gasteiger partial charge in [-0.05, 0) is 51.3 Å². The van der Waals surface area contributed by atoms with Gasteiger partial charge in [-0.2, -0.15) is 0 Å².